The lowest BCUT2D eigenvalue weighted by Gasteiger charge is -2.50. The van der Waals surface area contributed by atoms with E-state index in [9.17, 15) is 0 Å². The number of nitrogens with one attached hydrogen (secondary N) is 1. The van der Waals surface area contributed by atoms with Crippen LogP contribution < -0.4 is 5.32 Å². The molecule has 0 radical (unpaired) electrons. The first-order chi connectivity index (χ1) is 9.05. The number of likely N-dealkylation sites (tertiary alicyclic amines) is 1. The maximum atomic E-state index is 3.71. The van der Waals surface area contributed by atoms with E-state index in [1.54, 1.807) is 0 Å². The molecule has 0 saturated carbocycles. The summed E-state index contributed by atoms with van der Waals surface area (Å²) in [6.45, 7) is 15.6. The zero-order valence-corrected chi connectivity index (χ0v) is 13.4. The lowest BCUT2D eigenvalue weighted by Crippen LogP contribution is -2.64. The summed E-state index contributed by atoms with van der Waals surface area (Å²) in [6.07, 6.45) is 5.31. The average molecular weight is 267 g/mol. The Kier molecular flexibility index (Phi) is 5.27. The fourth-order valence-electron chi connectivity index (χ4n) is 3.75. The molecule has 2 heterocycles. The topological polar surface area (TPSA) is 18.5 Å². The van der Waals surface area contributed by atoms with Crippen LogP contribution in [-0.2, 0) is 0 Å². The molecule has 2 rings (SSSR count). The predicted octanol–water partition coefficient (Wildman–Crippen LogP) is 2.32. The zero-order valence-electron chi connectivity index (χ0n) is 13.4. The Morgan fingerprint density at radius 2 is 1.84 bits per heavy atom. The first kappa shape index (κ1) is 15.3. The highest BCUT2D eigenvalue weighted by Crippen LogP contribution is 2.25. The Balaban J connectivity index is 1.92. The summed E-state index contributed by atoms with van der Waals surface area (Å²) in [5.41, 5.74) is 0.284. The maximum Gasteiger partial charge on any atom is 0.0253 e. The predicted molar refractivity (Wildman–Crippen MR) is 82.6 cm³/mol. The van der Waals surface area contributed by atoms with Gasteiger partial charge in [0.05, 0.1) is 0 Å². The van der Waals surface area contributed by atoms with Crippen molar-refractivity contribution in [2.24, 2.45) is 0 Å². The monoisotopic (exact) mass is 267 g/mol. The van der Waals surface area contributed by atoms with Crippen molar-refractivity contribution >= 4 is 0 Å². The fraction of sp³-hybridized carbons (Fsp3) is 1.00. The van der Waals surface area contributed by atoms with E-state index in [4.69, 9.17) is 0 Å². The van der Waals surface area contributed by atoms with E-state index in [1.165, 1.54) is 58.4 Å². The molecule has 2 saturated heterocycles. The van der Waals surface area contributed by atoms with Crippen LogP contribution in [0.2, 0.25) is 0 Å². The number of hydrogen-bond acceptors (Lipinski definition) is 3. The maximum absolute atomic E-state index is 3.71. The van der Waals surface area contributed by atoms with Gasteiger partial charge in [0.1, 0.15) is 0 Å². The minimum atomic E-state index is 0.284. The van der Waals surface area contributed by atoms with Gasteiger partial charge in [-0.15, -0.1) is 0 Å². The van der Waals surface area contributed by atoms with Crippen LogP contribution >= 0.6 is 0 Å². The molecular weight excluding hydrogens is 234 g/mol. The van der Waals surface area contributed by atoms with Gasteiger partial charge in [-0.3, -0.25) is 4.90 Å². The number of piperazine rings is 1. The Bertz CT molecular complexity index is 269. The number of hydrogen-bond donors (Lipinski definition) is 1. The summed E-state index contributed by atoms with van der Waals surface area (Å²) in [5, 5.41) is 3.71. The third-order valence-electron chi connectivity index (χ3n) is 4.90. The van der Waals surface area contributed by atoms with Crippen molar-refractivity contribution in [3.05, 3.63) is 0 Å². The van der Waals surface area contributed by atoms with Crippen molar-refractivity contribution in [1.29, 1.82) is 0 Å². The van der Waals surface area contributed by atoms with Gasteiger partial charge in [0, 0.05) is 30.7 Å². The summed E-state index contributed by atoms with van der Waals surface area (Å²) >= 11 is 0. The number of nitrogens with zero attached hydrogens (tertiary/aromatic N) is 2. The van der Waals surface area contributed by atoms with E-state index >= 15 is 0 Å². The summed E-state index contributed by atoms with van der Waals surface area (Å²) in [7, 11) is 0. The van der Waals surface area contributed by atoms with Gasteiger partial charge in [-0.2, -0.15) is 0 Å². The van der Waals surface area contributed by atoms with Crippen molar-refractivity contribution in [1.82, 2.24) is 15.1 Å². The van der Waals surface area contributed by atoms with Crippen LogP contribution in [0.1, 0.15) is 53.4 Å². The molecular formula is C16H33N3. The number of rotatable bonds is 4. The SMILES string of the molecule is CCCN1CCC(N2CC(C)(C)NCC2CC)CC1. The molecule has 112 valence electrons. The van der Waals surface area contributed by atoms with Gasteiger partial charge >= 0.3 is 0 Å². The van der Waals surface area contributed by atoms with Crippen molar-refractivity contribution in [3.8, 4) is 0 Å². The van der Waals surface area contributed by atoms with Gasteiger partial charge in [-0.25, -0.2) is 0 Å². The van der Waals surface area contributed by atoms with Crippen LogP contribution in [0.3, 0.4) is 0 Å². The molecule has 0 amide bonds. The van der Waals surface area contributed by atoms with Crippen molar-refractivity contribution in [2.75, 3.05) is 32.7 Å². The molecule has 1 unspecified atom stereocenters. The Hall–Kier alpha value is -0.120. The molecule has 3 heteroatoms. The molecule has 1 atom stereocenters. The summed E-state index contributed by atoms with van der Waals surface area (Å²) in [6, 6.07) is 1.56. The van der Waals surface area contributed by atoms with E-state index in [2.05, 4.69) is 42.8 Å². The summed E-state index contributed by atoms with van der Waals surface area (Å²) < 4.78 is 0. The average Bonchev–Trinajstić information content (AvgIpc) is 2.39. The second-order valence-electron chi connectivity index (χ2n) is 7.07. The van der Waals surface area contributed by atoms with Gasteiger partial charge in [0.25, 0.3) is 0 Å². The highest BCUT2D eigenvalue weighted by atomic mass is 15.3. The van der Waals surface area contributed by atoms with E-state index in [-0.39, 0.29) is 5.54 Å². The van der Waals surface area contributed by atoms with Gasteiger partial charge < -0.3 is 10.2 Å². The minimum Gasteiger partial charge on any atom is -0.309 e. The smallest absolute Gasteiger partial charge is 0.0253 e. The van der Waals surface area contributed by atoms with Gasteiger partial charge in [0.2, 0.25) is 0 Å². The quantitative estimate of drug-likeness (QED) is 0.843. The Morgan fingerprint density at radius 1 is 1.16 bits per heavy atom. The zero-order chi connectivity index (χ0) is 13.9. The van der Waals surface area contributed by atoms with Crippen LogP contribution in [0.25, 0.3) is 0 Å². The molecule has 0 aromatic carbocycles. The molecule has 0 aromatic rings. The third-order valence-corrected chi connectivity index (χ3v) is 4.90. The third kappa shape index (κ3) is 3.93. The van der Waals surface area contributed by atoms with E-state index in [1.807, 2.05) is 0 Å². The molecule has 0 aromatic heterocycles. The second kappa shape index (κ2) is 6.55. The van der Waals surface area contributed by atoms with Crippen molar-refractivity contribution in [2.45, 2.75) is 71.0 Å². The summed E-state index contributed by atoms with van der Waals surface area (Å²) in [5.74, 6) is 0. The molecule has 0 bridgehead atoms. The first-order valence-electron chi connectivity index (χ1n) is 8.29. The molecule has 2 aliphatic heterocycles. The van der Waals surface area contributed by atoms with Crippen LogP contribution in [0.5, 0.6) is 0 Å². The molecule has 3 nitrogen and oxygen atoms in total. The fourth-order valence-corrected chi connectivity index (χ4v) is 3.75. The lowest BCUT2D eigenvalue weighted by molar-refractivity contribution is 0.0218. The molecule has 19 heavy (non-hydrogen) atoms. The van der Waals surface area contributed by atoms with Crippen LogP contribution in [0.4, 0.5) is 0 Å². The van der Waals surface area contributed by atoms with E-state index in [0.29, 0.717) is 0 Å². The van der Waals surface area contributed by atoms with E-state index in [0.717, 1.165) is 12.1 Å². The number of piperidine rings is 1. The standard InChI is InChI=1S/C16H33N3/c1-5-9-18-10-7-15(8-11-18)19-13-16(3,4)17-12-14(19)6-2/h14-15,17H,5-13H2,1-4H3. The highest BCUT2D eigenvalue weighted by Gasteiger charge is 2.36. The molecule has 1 N–H and O–H groups in total. The van der Waals surface area contributed by atoms with Gasteiger partial charge in [0.15, 0.2) is 0 Å². The molecule has 0 spiro atoms. The van der Waals surface area contributed by atoms with Crippen LogP contribution in [0, 0.1) is 0 Å². The normalized spacial score (nSPS) is 30.6. The molecule has 2 fully saturated rings. The van der Waals surface area contributed by atoms with Crippen LogP contribution in [-0.4, -0.2) is 60.1 Å². The van der Waals surface area contributed by atoms with E-state index < -0.39 is 0 Å². The first-order valence-corrected chi connectivity index (χ1v) is 8.29. The van der Waals surface area contributed by atoms with Crippen molar-refractivity contribution in [3.63, 3.8) is 0 Å². The van der Waals surface area contributed by atoms with Gasteiger partial charge in [-0.05, 0) is 59.2 Å². The second-order valence-corrected chi connectivity index (χ2v) is 7.07. The van der Waals surface area contributed by atoms with Gasteiger partial charge in [-0.1, -0.05) is 13.8 Å². The summed E-state index contributed by atoms with van der Waals surface area (Å²) in [4.78, 5) is 5.46. The minimum absolute atomic E-state index is 0.284. The molecule has 2 aliphatic rings. The van der Waals surface area contributed by atoms with Crippen molar-refractivity contribution < 1.29 is 0 Å². The van der Waals surface area contributed by atoms with Crippen LogP contribution in [0.15, 0.2) is 0 Å². The lowest BCUT2D eigenvalue weighted by atomic mass is 9.92. The highest BCUT2D eigenvalue weighted by molar-refractivity contribution is 4.95. The molecule has 0 aliphatic carbocycles. The largest absolute Gasteiger partial charge is 0.309 e. The Labute approximate surface area is 119 Å². The Morgan fingerprint density at radius 3 is 2.42 bits per heavy atom.